The zero-order valence-electron chi connectivity index (χ0n) is 19.6. The lowest BCUT2D eigenvalue weighted by Crippen LogP contribution is -2.14. The number of amides is 2. The third kappa shape index (κ3) is 4.57. The van der Waals surface area contributed by atoms with Crippen LogP contribution in [0.3, 0.4) is 0 Å². The van der Waals surface area contributed by atoms with Crippen molar-refractivity contribution < 1.29 is 14.3 Å². The lowest BCUT2D eigenvalue weighted by Gasteiger charge is -2.12. The highest BCUT2D eigenvalue weighted by Crippen LogP contribution is 2.40. The summed E-state index contributed by atoms with van der Waals surface area (Å²) in [5.41, 5.74) is 8.39. The lowest BCUT2D eigenvalue weighted by atomic mass is 10.1. The molecule has 1 aliphatic carbocycles. The maximum absolute atomic E-state index is 13.3. The Morgan fingerprint density at radius 2 is 1.97 bits per heavy atom. The number of fused-ring (bicyclic) bond motifs is 1. The molecule has 1 fully saturated rings. The first kappa shape index (κ1) is 22.5. The van der Waals surface area contributed by atoms with E-state index in [1.54, 1.807) is 42.6 Å². The van der Waals surface area contributed by atoms with Gasteiger partial charge in [0.25, 0.3) is 11.8 Å². The Balaban J connectivity index is 1.39. The van der Waals surface area contributed by atoms with Gasteiger partial charge in [0.1, 0.15) is 5.75 Å². The number of nitrogens with two attached hydrogens (primary N) is 1. The maximum Gasteiger partial charge on any atom is 0.256 e. The first-order valence-electron chi connectivity index (χ1n) is 11.7. The van der Waals surface area contributed by atoms with Crippen molar-refractivity contribution in [1.29, 1.82) is 0 Å². The van der Waals surface area contributed by atoms with Crippen molar-refractivity contribution in [2.45, 2.75) is 45.1 Å². The predicted molar refractivity (Wildman–Crippen MR) is 132 cm³/mol. The Kier molecular flexibility index (Phi) is 5.90. The number of para-hydroxylation sites is 1. The summed E-state index contributed by atoms with van der Waals surface area (Å²) in [5, 5.41) is 8.16. The molecular formula is C26H26N6O3. The number of carbonyl (C=O) groups is 2. The Morgan fingerprint density at radius 3 is 2.66 bits per heavy atom. The van der Waals surface area contributed by atoms with Crippen LogP contribution < -0.4 is 15.8 Å². The quantitative estimate of drug-likeness (QED) is 0.380. The fourth-order valence-electron chi connectivity index (χ4n) is 3.89. The number of aromatic nitrogens is 4. The van der Waals surface area contributed by atoms with Crippen molar-refractivity contribution in [2.24, 2.45) is 5.73 Å². The largest absolute Gasteiger partial charge is 0.438 e. The molecule has 1 aliphatic rings. The van der Waals surface area contributed by atoms with Gasteiger partial charge in [0.15, 0.2) is 5.65 Å². The molecule has 4 aromatic rings. The van der Waals surface area contributed by atoms with Gasteiger partial charge in [-0.25, -0.2) is 14.6 Å². The van der Waals surface area contributed by atoms with Crippen molar-refractivity contribution >= 4 is 28.5 Å². The summed E-state index contributed by atoms with van der Waals surface area (Å²) in [4.78, 5) is 34.0. The van der Waals surface area contributed by atoms with E-state index in [-0.39, 0.29) is 23.4 Å². The third-order valence-corrected chi connectivity index (χ3v) is 6.20. The highest BCUT2D eigenvalue weighted by Gasteiger charge is 2.28. The van der Waals surface area contributed by atoms with Crippen molar-refractivity contribution in [3.63, 3.8) is 0 Å². The van der Waals surface area contributed by atoms with Crippen LogP contribution in [0, 0.1) is 0 Å². The smallest absolute Gasteiger partial charge is 0.256 e. The average molecular weight is 471 g/mol. The van der Waals surface area contributed by atoms with E-state index in [1.807, 2.05) is 10.7 Å². The number of rotatable bonds is 8. The SMILES string of the molecule is CCC(C)n1ncc2c(C(=O)Nc3ccc(Oc4ccccc4C(N)=O)nc3)cc(C3CC3)nc21. The Labute approximate surface area is 202 Å². The van der Waals surface area contributed by atoms with Gasteiger partial charge in [0, 0.05) is 17.7 Å². The second kappa shape index (κ2) is 9.17. The molecule has 3 heterocycles. The highest BCUT2D eigenvalue weighted by molar-refractivity contribution is 6.12. The monoisotopic (exact) mass is 470 g/mol. The number of primary amides is 1. The Bertz CT molecular complexity index is 1410. The standard InChI is InChI=1S/C26H26N6O3/c1-3-15(2)32-25-20(14-29-32)19(12-21(31-25)16-8-9-16)26(34)30-17-10-11-23(28-13-17)35-22-7-5-4-6-18(22)24(27)33/h4-7,10-16H,3,8-9H2,1-2H3,(H2,27,33)(H,30,34). The molecule has 1 unspecified atom stereocenters. The van der Waals surface area contributed by atoms with E-state index in [0.29, 0.717) is 22.9 Å². The minimum absolute atomic E-state index is 0.182. The number of carbonyl (C=O) groups excluding carboxylic acids is 2. The summed E-state index contributed by atoms with van der Waals surface area (Å²) in [5.74, 6) is 0.142. The van der Waals surface area contributed by atoms with Gasteiger partial charge in [-0.1, -0.05) is 19.1 Å². The zero-order valence-corrected chi connectivity index (χ0v) is 19.6. The van der Waals surface area contributed by atoms with Crippen molar-refractivity contribution in [3.8, 4) is 11.6 Å². The number of hydrogen-bond donors (Lipinski definition) is 2. The summed E-state index contributed by atoms with van der Waals surface area (Å²) in [6, 6.07) is 12.0. The van der Waals surface area contributed by atoms with Crippen molar-refractivity contribution in [3.05, 3.63) is 71.7 Å². The third-order valence-electron chi connectivity index (χ3n) is 6.20. The van der Waals surface area contributed by atoms with E-state index < -0.39 is 5.91 Å². The van der Waals surface area contributed by atoms with Crippen LogP contribution in [0.2, 0.25) is 0 Å². The van der Waals surface area contributed by atoms with Crippen LogP contribution in [0.4, 0.5) is 5.69 Å². The van der Waals surface area contributed by atoms with Gasteiger partial charge in [0.2, 0.25) is 5.88 Å². The molecule has 35 heavy (non-hydrogen) atoms. The van der Waals surface area contributed by atoms with Gasteiger partial charge >= 0.3 is 0 Å². The van der Waals surface area contributed by atoms with E-state index >= 15 is 0 Å². The topological polar surface area (TPSA) is 125 Å². The molecule has 1 atom stereocenters. The molecule has 9 nitrogen and oxygen atoms in total. The van der Waals surface area contributed by atoms with Crippen molar-refractivity contribution in [2.75, 3.05) is 5.32 Å². The fraction of sp³-hybridized carbons (Fsp3) is 0.269. The minimum atomic E-state index is -0.588. The van der Waals surface area contributed by atoms with Crippen LogP contribution >= 0.6 is 0 Å². The average Bonchev–Trinajstić information content (AvgIpc) is 3.63. The second-order valence-electron chi connectivity index (χ2n) is 8.75. The number of nitrogens with one attached hydrogen (secondary N) is 1. The van der Waals surface area contributed by atoms with Crippen LogP contribution in [0.25, 0.3) is 11.0 Å². The summed E-state index contributed by atoms with van der Waals surface area (Å²) in [6.45, 7) is 4.19. The minimum Gasteiger partial charge on any atom is -0.438 e. The summed E-state index contributed by atoms with van der Waals surface area (Å²) in [7, 11) is 0. The molecule has 0 saturated heterocycles. The number of nitrogens with zero attached hydrogens (tertiary/aromatic N) is 4. The van der Waals surface area contributed by atoms with Crippen LogP contribution in [0.1, 0.15) is 71.5 Å². The highest BCUT2D eigenvalue weighted by atomic mass is 16.5. The molecule has 0 spiro atoms. The molecule has 178 valence electrons. The Morgan fingerprint density at radius 1 is 1.17 bits per heavy atom. The van der Waals surface area contributed by atoms with E-state index in [4.69, 9.17) is 15.5 Å². The summed E-state index contributed by atoms with van der Waals surface area (Å²) in [6.07, 6.45) is 6.30. The van der Waals surface area contributed by atoms with Gasteiger partial charge in [-0.05, 0) is 50.5 Å². The molecule has 3 N–H and O–H groups in total. The van der Waals surface area contributed by atoms with Crippen LogP contribution in [0.5, 0.6) is 11.6 Å². The molecule has 5 rings (SSSR count). The number of hydrogen-bond acceptors (Lipinski definition) is 6. The van der Waals surface area contributed by atoms with Gasteiger partial charge in [-0.15, -0.1) is 0 Å². The maximum atomic E-state index is 13.3. The van der Waals surface area contributed by atoms with E-state index in [2.05, 4.69) is 29.2 Å². The molecular weight excluding hydrogens is 444 g/mol. The lowest BCUT2D eigenvalue weighted by molar-refractivity contribution is 0.0995. The second-order valence-corrected chi connectivity index (χ2v) is 8.75. The summed E-state index contributed by atoms with van der Waals surface area (Å²) < 4.78 is 7.61. The number of ether oxygens (including phenoxy) is 1. The molecule has 1 saturated carbocycles. The van der Waals surface area contributed by atoms with E-state index in [9.17, 15) is 9.59 Å². The molecule has 0 bridgehead atoms. The number of benzene rings is 1. The normalized spacial score (nSPS) is 14.0. The number of pyridine rings is 2. The first-order chi connectivity index (χ1) is 16.9. The van der Waals surface area contributed by atoms with Crippen molar-refractivity contribution in [1.82, 2.24) is 19.7 Å². The molecule has 0 aliphatic heterocycles. The zero-order chi connectivity index (χ0) is 24.5. The van der Waals surface area contributed by atoms with Gasteiger partial charge in [0.05, 0.1) is 40.6 Å². The fourth-order valence-corrected chi connectivity index (χ4v) is 3.89. The van der Waals surface area contributed by atoms with Crippen LogP contribution in [-0.4, -0.2) is 31.6 Å². The van der Waals surface area contributed by atoms with E-state index in [1.165, 1.54) is 6.20 Å². The molecule has 2 amide bonds. The van der Waals surface area contributed by atoms with Gasteiger partial charge < -0.3 is 15.8 Å². The van der Waals surface area contributed by atoms with E-state index in [0.717, 1.165) is 36.0 Å². The molecule has 3 aromatic heterocycles. The molecule has 9 heteroatoms. The molecule has 1 aromatic carbocycles. The molecule has 0 radical (unpaired) electrons. The first-order valence-corrected chi connectivity index (χ1v) is 11.7. The van der Waals surface area contributed by atoms with Gasteiger partial charge in [-0.3, -0.25) is 9.59 Å². The van der Waals surface area contributed by atoms with Crippen LogP contribution in [-0.2, 0) is 0 Å². The predicted octanol–water partition coefficient (Wildman–Crippen LogP) is 4.82. The van der Waals surface area contributed by atoms with Gasteiger partial charge in [-0.2, -0.15) is 5.10 Å². The Hall–Kier alpha value is -4.27. The van der Waals surface area contributed by atoms with Crippen LogP contribution in [0.15, 0.2) is 54.9 Å². The number of anilines is 1. The summed E-state index contributed by atoms with van der Waals surface area (Å²) >= 11 is 0.